The molecular formula is C17H19F2N. The summed E-state index contributed by atoms with van der Waals surface area (Å²) in [6, 6.07) is 9.88. The summed E-state index contributed by atoms with van der Waals surface area (Å²) >= 11 is 0. The molecule has 0 amide bonds. The van der Waals surface area contributed by atoms with E-state index in [-0.39, 0.29) is 0 Å². The molecule has 0 unspecified atom stereocenters. The van der Waals surface area contributed by atoms with Crippen LogP contribution in [0.25, 0.3) is 0 Å². The number of hydrogen-bond acceptors (Lipinski definition) is 1. The molecule has 0 saturated heterocycles. The van der Waals surface area contributed by atoms with Crippen molar-refractivity contribution < 1.29 is 8.78 Å². The second kappa shape index (κ2) is 6.62. The molecule has 0 bridgehead atoms. The summed E-state index contributed by atoms with van der Waals surface area (Å²) in [5.41, 5.74) is 4.48. The summed E-state index contributed by atoms with van der Waals surface area (Å²) < 4.78 is 26.1. The molecule has 0 aliphatic carbocycles. The van der Waals surface area contributed by atoms with Crippen molar-refractivity contribution in [3.63, 3.8) is 0 Å². The molecule has 2 aromatic rings. The van der Waals surface area contributed by atoms with Gasteiger partial charge in [0.05, 0.1) is 0 Å². The normalized spacial score (nSPS) is 10.8. The maximum atomic E-state index is 13.0. The predicted octanol–water partition coefficient (Wildman–Crippen LogP) is 3.91. The fraction of sp³-hybridized carbons (Fsp3) is 0.294. The average Bonchev–Trinajstić information content (AvgIpc) is 2.36. The Balaban J connectivity index is 1.88. The van der Waals surface area contributed by atoms with Gasteiger partial charge < -0.3 is 5.32 Å². The van der Waals surface area contributed by atoms with Crippen LogP contribution >= 0.6 is 0 Å². The van der Waals surface area contributed by atoms with Crippen molar-refractivity contribution in [2.75, 3.05) is 6.54 Å². The Morgan fingerprint density at radius 1 is 0.950 bits per heavy atom. The van der Waals surface area contributed by atoms with Crippen molar-refractivity contribution in [2.24, 2.45) is 0 Å². The first-order chi connectivity index (χ1) is 9.56. The molecule has 2 aromatic carbocycles. The van der Waals surface area contributed by atoms with E-state index in [1.165, 1.54) is 28.8 Å². The Hall–Kier alpha value is -1.74. The minimum Gasteiger partial charge on any atom is -0.312 e. The van der Waals surface area contributed by atoms with Gasteiger partial charge in [0.1, 0.15) is 11.6 Å². The van der Waals surface area contributed by atoms with Gasteiger partial charge in [-0.05, 0) is 61.2 Å². The molecule has 0 atom stereocenters. The minimum absolute atomic E-state index is 0.519. The predicted molar refractivity (Wildman–Crippen MR) is 77.7 cm³/mol. The Labute approximate surface area is 118 Å². The van der Waals surface area contributed by atoms with E-state index in [9.17, 15) is 8.78 Å². The smallest absolute Gasteiger partial charge is 0.126 e. The SMILES string of the molecule is Cc1cccc(C)c1CNCCc1cc(F)cc(F)c1. The first-order valence-corrected chi connectivity index (χ1v) is 6.77. The molecule has 1 nitrogen and oxygen atoms in total. The van der Waals surface area contributed by atoms with Crippen LogP contribution in [0.1, 0.15) is 22.3 Å². The number of rotatable bonds is 5. The van der Waals surface area contributed by atoms with E-state index in [0.29, 0.717) is 18.5 Å². The lowest BCUT2D eigenvalue weighted by Gasteiger charge is -2.11. The molecule has 3 heteroatoms. The number of aryl methyl sites for hydroxylation is 2. The van der Waals surface area contributed by atoms with Crippen LogP contribution in [0.5, 0.6) is 0 Å². The largest absolute Gasteiger partial charge is 0.312 e. The number of halogens is 2. The first kappa shape index (κ1) is 14.7. The quantitative estimate of drug-likeness (QED) is 0.816. The van der Waals surface area contributed by atoms with Crippen molar-refractivity contribution >= 4 is 0 Å². The van der Waals surface area contributed by atoms with Crippen LogP contribution in [0.3, 0.4) is 0 Å². The molecule has 2 rings (SSSR count). The van der Waals surface area contributed by atoms with Crippen LogP contribution in [0.2, 0.25) is 0 Å². The van der Waals surface area contributed by atoms with E-state index < -0.39 is 11.6 Å². The van der Waals surface area contributed by atoms with Crippen LogP contribution < -0.4 is 5.32 Å². The zero-order chi connectivity index (χ0) is 14.5. The van der Waals surface area contributed by atoms with Gasteiger partial charge in [0, 0.05) is 12.6 Å². The van der Waals surface area contributed by atoms with Gasteiger partial charge in [0.15, 0.2) is 0 Å². The molecule has 0 heterocycles. The molecule has 0 fully saturated rings. The van der Waals surface area contributed by atoms with Crippen molar-refractivity contribution in [1.82, 2.24) is 5.32 Å². The number of hydrogen-bond donors (Lipinski definition) is 1. The molecule has 0 aliphatic rings. The van der Waals surface area contributed by atoms with Crippen LogP contribution in [-0.2, 0) is 13.0 Å². The third kappa shape index (κ3) is 3.87. The summed E-state index contributed by atoms with van der Waals surface area (Å²) in [4.78, 5) is 0. The zero-order valence-electron chi connectivity index (χ0n) is 11.8. The van der Waals surface area contributed by atoms with E-state index >= 15 is 0 Å². The average molecular weight is 275 g/mol. The van der Waals surface area contributed by atoms with E-state index in [1.54, 1.807) is 0 Å². The Kier molecular flexibility index (Phi) is 4.85. The van der Waals surface area contributed by atoms with E-state index in [0.717, 1.165) is 12.6 Å². The third-order valence-electron chi connectivity index (χ3n) is 3.46. The second-order valence-corrected chi connectivity index (χ2v) is 5.07. The first-order valence-electron chi connectivity index (χ1n) is 6.77. The minimum atomic E-state index is -0.519. The Morgan fingerprint density at radius 2 is 1.55 bits per heavy atom. The lowest BCUT2D eigenvalue weighted by Crippen LogP contribution is -2.18. The second-order valence-electron chi connectivity index (χ2n) is 5.07. The van der Waals surface area contributed by atoms with Crippen LogP contribution in [0.4, 0.5) is 8.78 Å². The van der Waals surface area contributed by atoms with E-state index in [2.05, 4.69) is 31.3 Å². The number of benzene rings is 2. The van der Waals surface area contributed by atoms with Gasteiger partial charge in [-0.3, -0.25) is 0 Å². The van der Waals surface area contributed by atoms with E-state index in [4.69, 9.17) is 0 Å². The summed E-state index contributed by atoms with van der Waals surface area (Å²) in [6.45, 7) is 5.64. The highest BCUT2D eigenvalue weighted by Crippen LogP contribution is 2.13. The molecule has 0 aromatic heterocycles. The van der Waals surface area contributed by atoms with Gasteiger partial charge in [-0.1, -0.05) is 18.2 Å². The maximum absolute atomic E-state index is 13.0. The van der Waals surface area contributed by atoms with Crippen molar-refractivity contribution in [3.05, 3.63) is 70.3 Å². The highest BCUT2D eigenvalue weighted by atomic mass is 19.1. The molecule has 0 aliphatic heterocycles. The highest BCUT2D eigenvalue weighted by molar-refractivity contribution is 5.33. The summed E-state index contributed by atoms with van der Waals surface area (Å²) in [5.74, 6) is -1.04. The molecule has 106 valence electrons. The molecular weight excluding hydrogens is 256 g/mol. The van der Waals surface area contributed by atoms with Crippen molar-refractivity contribution in [2.45, 2.75) is 26.8 Å². The maximum Gasteiger partial charge on any atom is 0.126 e. The summed E-state index contributed by atoms with van der Waals surface area (Å²) in [7, 11) is 0. The molecule has 1 N–H and O–H groups in total. The standard InChI is InChI=1S/C17H19F2N/c1-12-4-3-5-13(2)17(12)11-20-7-6-14-8-15(18)10-16(19)9-14/h3-5,8-10,20H,6-7,11H2,1-2H3. The van der Waals surface area contributed by atoms with Crippen LogP contribution in [-0.4, -0.2) is 6.54 Å². The summed E-state index contributed by atoms with van der Waals surface area (Å²) in [5, 5.41) is 3.33. The number of nitrogens with one attached hydrogen (secondary N) is 1. The molecule has 0 radical (unpaired) electrons. The lowest BCUT2D eigenvalue weighted by atomic mass is 10.0. The highest BCUT2D eigenvalue weighted by Gasteiger charge is 2.03. The molecule has 0 spiro atoms. The van der Waals surface area contributed by atoms with Crippen molar-refractivity contribution in [1.29, 1.82) is 0 Å². The molecule has 0 saturated carbocycles. The zero-order valence-corrected chi connectivity index (χ0v) is 11.8. The van der Waals surface area contributed by atoms with Gasteiger partial charge in [0.25, 0.3) is 0 Å². The topological polar surface area (TPSA) is 12.0 Å². The monoisotopic (exact) mass is 275 g/mol. The van der Waals surface area contributed by atoms with Gasteiger partial charge in [0.2, 0.25) is 0 Å². The molecule has 20 heavy (non-hydrogen) atoms. The van der Waals surface area contributed by atoms with Crippen molar-refractivity contribution in [3.8, 4) is 0 Å². The van der Waals surface area contributed by atoms with Gasteiger partial charge in [-0.25, -0.2) is 8.78 Å². The van der Waals surface area contributed by atoms with Crippen LogP contribution in [0, 0.1) is 25.5 Å². The summed E-state index contributed by atoms with van der Waals surface area (Å²) in [6.07, 6.45) is 0.611. The Morgan fingerprint density at radius 3 is 2.15 bits per heavy atom. The Bertz CT molecular complexity index is 553. The van der Waals surface area contributed by atoms with Crippen LogP contribution in [0.15, 0.2) is 36.4 Å². The third-order valence-corrected chi connectivity index (χ3v) is 3.46. The fourth-order valence-electron chi connectivity index (χ4n) is 2.33. The lowest BCUT2D eigenvalue weighted by molar-refractivity contribution is 0.577. The van der Waals surface area contributed by atoms with Gasteiger partial charge in [-0.2, -0.15) is 0 Å². The van der Waals surface area contributed by atoms with Gasteiger partial charge in [-0.15, -0.1) is 0 Å². The fourth-order valence-corrected chi connectivity index (χ4v) is 2.33. The van der Waals surface area contributed by atoms with E-state index in [1.807, 2.05) is 6.07 Å². The van der Waals surface area contributed by atoms with Gasteiger partial charge >= 0.3 is 0 Å².